The quantitative estimate of drug-likeness (QED) is 0.862. The normalized spacial score (nSPS) is 36.8. The zero-order valence-corrected chi connectivity index (χ0v) is 12.5. The van der Waals surface area contributed by atoms with Crippen molar-refractivity contribution in [3.63, 3.8) is 0 Å². The summed E-state index contributed by atoms with van der Waals surface area (Å²) in [4.78, 5) is 2.33. The molecule has 0 amide bonds. The standard InChI is InChI=1S/C15H27F3N2/c1-11(2)13-6-4-8-20(13)14(10-19)7-3-5-12(9-14)15(16,17)18/h11-13H,3-10,19H2,1-2H3. The van der Waals surface area contributed by atoms with Crippen molar-refractivity contribution in [2.75, 3.05) is 13.1 Å². The molecule has 3 unspecified atom stereocenters. The fraction of sp³-hybridized carbons (Fsp3) is 1.00. The van der Waals surface area contributed by atoms with Gasteiger partial charge in [-0.2, -0.15) is 13.2 Å². The second kappa shape index (κ2) is 5.84. The maximum atomic E-state index is 13.1. The zero-order chi connectivity index (χ0) is 15.0. The lowest BCUT2D eigenvalue weighted by molar-refractivity contribution is -0.194. The lowest BCUT2D eigenvalue weighted by Gasteiger charge is -2.50. The Morgan fingerprint density at radius 3 is 2.50 bits per heavy atom. The van der Waals surface area contributed by atoms with E-state index in [2.05, 4.69) is 18.7 Å². The summed E-state index contributed by atoms with van der Waals surface area (Å²) in [5.41, 5.74) is 5.55. The van der Waals surface area contributed by atoms with Crippen molar-refractivity contribution in [2.45, 2.75) is 70.1 Å². The Morgan fingerprint density at radius 2 is 1.95 bits per heavy atom. The molecular formula is C15H27F3N2. The van der Waals surface area contributed by atoms with E-state index in [0.29, 0.717) is 24.9 Å². The summed E-state index contributed by atoms with van der Waals surface area (Å²) < 4.78 is 39.3. The fourth-order valence-corrected chi connectivity index (χ4v) is 4.26. The molecule has 3 atom stereocenters. The van der Waals surface area contributed by atoms with Crippen LogP contribution in [0.2, 0.25) is 0 Å². The first-order valence-corrected chi connectivity index (χ1v) is 7.84. The van der Waals surface area contributed by atoms with Gasteiger partial charge >= 0.3 is 6.18 Å². The number of nitrogens with zero attached hydrogens (tertiary/aromatic N) is 1. The molecule has 20 heavy (non-hydrogen) atoms. The van der Waals surface area contributed by atoms with E-state index in [1.54, 1.807) is 0 Å². The summed E-state index contributed by atoms with van der Waals surface area (Å²) in [5, 5.41) is 0. The van der Waals surface area contributed by atoms with Crippen molar-refractivity contribution in [1.82, 2.24) is 4.90 Å². The maximum Gasteiger partial charge on any atom is 0.391 e. The van der Waals surface area contributed by atoms with Crippen LogP contribution < -0.4 is 5.73 Å². The number of hydrogen-bond donors (Lipinski definition) is 1. The summed E-state index contributed by atoms with van der Waals surface area (Å²) in [6, 6.07) is 0.394. The van der Waals surface area contributed by atoms with E-state index in [9.17, 15) is 13.2 Å². The summed E-state index contributed by atoms with van der Waals surface area (Å²) >= 11 is 0. The fourth-order valence-electron chi connectivity index (χ4n) is 4.26. The van der Waals surface area contributed by atoms with Crippen LogP contribution in [-0.2, 0) is 0 Å². The Hall–Kier alpha value is -0.290. The lowest BCUT2D eigenvalue weighted by Crippen LogP contribution is -2.59. The van der Waals surface area contributed by atoms with Crippen LogP contribution in [-0.4, -0.2) is 35.7 Å². The van der Waals surface area contributed by atoms with Gasteiger partial charge in [0, 0.05) is 18.1 Å². The largest absolute Gasteiger partial charge is 0.391 e. The lowest BCUT2D eigenvalue weighted by atomic mass is 9.73. The summed E-state index contributed by atoms with van der Waals surface area (Å²) in [6.07, 6.45) is 0.0227. The molecule has 0 aromatic carbocycles. The van der Waals surface area contributed by atoms with Crippen LogP contribution in [0, 0.1) is 11.8 Å². The Balaban J connectivity index is 2.20. The molecule has 0 aromatic rings. The van der Waals surface area contributed by atoms with Gasteiger partial charge in [0.15, 0.2) is 0 Å². The van der Waals surface area contributed by atoms with Gasteiger partial charge in [0.05, 0.1) is 5.92 Å². The van der Waals surface area contributed by atoms with Crippen molar-refractivity contribution >= 4 is 0 Å². The molecule has 2 fully saturated rings. The molecule has 118 valence electrons. The van der Waals surface area contributed by atoms with E-state index < -0.39 is 17.6 Å². The predicted molar refractivity (Wildman–Crippen MR) is 74.4 cm³/mol. The van der Waals surface area contributed by atoms with E-state index in [1.165, 1.54) is 0 Å². The Kier molecular flexibility index (Phi) is 4.69. The summed E-state index contributed by atoms with van der Waals surface area (Å²) in [5.74, 6) is -0.694. The van der Waals surface area contributed by atoms with Gasteiger partial charge in [0.1, 0.15) is 0 Å². The van der Waals surface area contributed by atoms with Crippen LogP contribution in [0.25, 0.3) is 0 Å². The van der Waals surface area contributed by atoms with E-state index in [-0.39, 0.29) is 12.8 Å². The van der Waals surface area contributed by atoms with Crippen molar-refractivity contribution in [3.8, 4) is 0 Å². The molecule has 1 heterocycles. The second-order valence-electron chi connectivity index (χ2n) is 6.91. The second-order valence-corrected chi connectivity index (χ2v) is 6.91. The van der Waals surface area contributed by atoms with Gasteiger partial charge in [-0.3, -0.25) is 4.90 Å². The highest BCUT2D eigenvalue weighted by Gasteiger charge is 2.51. The average molecular weight is 292 g/mol. The minimum atomic E-state index is -4.08. The molecule has 2 nitrogen and oxygen atoms in total. The molecule has 1 saturated carbocycles. The van der Waals surface area contributed by atoms with E-state index in [4.69, 9.17) is 5.73 Å². The molecule has 2 rings (SSSR count). The molecule has 1 aliphatic heterocycles. The molecule has 0 bridgehead atoms. The topological polar surface area (TPSA) is 29.3 Å². The van der Waals surface area contributed by atoms with Gasteiger partial charge in [-0.15, -0.1) is 0 Å². The van der Waals surface area contributed by atoms with Gasteiger partial charge in [0.25, 0.3) is 0 Å². The smallest absolute Gasteiger partial charge is 0.329 e. The van der Waals surface area contributed by atoms with Gasteiger partial charge in [0.2, 0.25) is 0 Å². The number of hydrogen-bond acceptors (Lipinski definition) is 2. The van der Waals surface area contributed by atoms with Crippen LogP contribution in [0.15, 0.2) is 0 Å². The molecule has 0 radical (unpaired) electrons. The SMILES string of the molecule is CC(C)C1CCCN1C1(CN)CCCC(C(F)(F)F)C1. The number of halogens is 3. The van der Waals surface area contributed by atoms with Gasteiger partial charge in [-0.25, -0.2) is 0 Å². The highest BCUT2D eigenvalue weighted by atomic mass is 19.4. The van der Waals surface area contributed by atoms with Crippen LogP contribution in [0.3, 0.4) is 0 Å². The number of rotatable bonds is 3. The minimum absolute atomic E-state index is 0.191. The van der Waals surface area contributed by atoms with Crippen LogP contribution >= 0.6 is 0 Å². The monoisotopic (exact) mass is 292 g/mol. The highest BCUT2D eigenvalue weighted by molar-refractivity contribution is 5.02. The van der Waals surface area contributed by atoms with Crippen LogP contribution in [0.4, 0.5) is 13.2 Å². The third-order valence-corrected chi connectivity index (χ3v) is 5.34. The van der Waals surface area contributed by atoms with Crippen LogP contribution in [0.1, 0.15) is 52.4 Å². The highest BCUT2D eigenvalue weighted by Crippen LogP contribution is 2.46. The predicted octanol–water partition coefficient (Wildman–Crippen LogP) is 3.56. The van der Waals surface area contributed by atoms with Crippen molar-refractivity contribution in [1.29, 1.82) is 0 Å². The number of alkyl halides is 3. The minimum Gasteiger partial charge on any atom is -0.329 e. The molecule has 5 heteroatoms. The Bertz CT molecular complexity index is 330. The summed E-state index contributed by atoms with van der Waals surface area (Å²) in [7, 11) is 0. The van der Waals surface area contributed by atoms with Crippen LogP contribution in [0.5, 0.6) is 0 Å². The first-order valence-electron chi connectivity index (χ1n) is 7.84. The number of likely N-dealkylation sites (tertiary alicyclic amines) is 1. The van der Waals surface area contributed by atoms with Crippen molar-refractivity contribution < 1.29 is 13.2 Å². The summed E-state index contributed by atoms with van der Waals surface area (Å²) in [6.45, 7) is 5.59. The maximum absolute atomic E-state index is 13.1. The average Bonchev–Trinajstić information content (AvgIpc) is 2.87. The molecular weight excluding hydrogens is 265 g/mol. The van der Waals surface area contributed by atoms with E-state index in [1.807, 2.05) is 0 Å². The first kappa shape index (κ1) is 16.1. The number of nitrogens with two attached hydrogens (primary N) is 1. The van der Waals surface area contributed by atoms with Crippen molar-refractivity contribution in [3.05, 3.63) is 0 Å². The first-order chi connectivity index (χ1) is 9.30. The van der Waals surface area contributed by atoms with Gasteiger partial charge < -0.3 is 5.73 Å². The van der Waals surface area contributed by atoms with Gasteiger partial charge in [-0.1, -0.05) is 20.3 Å². The van der Waals surface area contributed by atoms with Gasteiger partial charge in [-0.05, 0) is 44.6 Å². The molecule has 0 aromatic heterocycles. The Morgan fingerprint density at radius 1 is 1.25 bits per heavy atom. The van der Waals surface area contributed by atoms with E-state index in [0.717, 1.165) is 25.8 Å². The molecule has 2 N–H and O–H groups in total. The zero-order valence-electron chi connectivity index (χ0n) is 12.5. The molecule has 1 aliphatic carbocycles. The van der Waals surface area contributed by atoms with E-state index >= 15 is 0 Å². The molecule has 0 spiro atoms. The van der Waals surface area contributed by atoms with Crippen molar-refractivity contribution in [2.24, 2.45) is 17.6 Å². The third-order valence-electron chi connectivity index (χ3n) is 5.34. The third kappa shape index (κ3) is 2.98. The molecule has 1 saturated heterocycles. The molecule has 2 aliphatic rings. The Labute approximate surface area is 119 Å².